The summed E-state index contributed by atoms with van der Waals surface area (Å²) in [5.74, 6) is 0.428. The number of ether oxygens (including phenoxy) is 1. The first-order valence-corrected chi connectivity index (χ1v) is 11.5. The second-order valence-electron chi connectivity index (χ2n) is 7.95. The molecule has 33 heavy (non-hydrogen) atoms. The molecule has 0 N–H and O–H groups in total. The highest BCUT2D eigenvalue weighted by Gasteiger charge is 2.45. The van der Waals surface area contributed by atoms with Crippen molar-refractivity contribution < 1.29 is 23.2 Å². The molecule has 1 aliphatic heterocycles. The SMILES string of the molecule is O=C(OCC(=O)N1N=C2C(=Cc3ccco3)CCCC2C1c1ccco1)c1cccc(Br)c1. The number of hydrogen-bond acceptors (Lipinski definition) is 6. The molecule has 5 rings (SSSR count). The molecule has 1 saturated carbocycles. The van der Waals surface area contributed by atoms with E-state index in [4.69, 9.17) is 18.7 Å². The molecule has 7 nitrogen and oxygen atoms in total. The van der Waals surface area contributed by atoms with Crippen LogP contribution in [0.5, 0.6) is 0 Å². The number of halogens is 1. The summed E-state index contributed by atoms with van der Waals surface area (Å²) in [5, 5.41) is 6.12. The van der Waals surface area contributed by atoms with E-state index in [0.717, 1.165) is 40.8 Å². The molecule has 0 bridgehead atoms. The number of fused-ring (bicyclic) bond motifs is 1. The predicted octanol–water partition coefficient (Wildman–Crippen LogP) is 5.62. The quantitative estimate of drug-likeness (QED) is 0.417. The Hall–Kier alpha value is -3.39. The van der Waals surface area contributed by atoms with Gasteiger partial charge in [-0.05, 0) is 73.4 Å². The van der Waals surface area contributed by atoms with Gasteiger partial charge in [0, 0.05) is 10.4 Å². The molecule has 1 fully saturated rings. The molecule has 2 unspecified atom stereocenters. The largest absolute Gasteiger partial charge is 0.467 e. The van der Waals surface area contributed by atoms with Crippen LogP contribution in [0.25, 0.3) is 6.08 Å². The number of allylic oxidation sites excluding steroid dienone is 1. The summed E-state index contributed by atoms with van der Waals surface area (Å²) < 4.78 is 17.2. The number of furan rings is 2. The fourth-order valence-corrected chi connectivity index (χ4v) is 4.78. The number of benzene rings is 1. The van der Waals surface area contributed by atoms with Crippen LogP contribution >= 0.6 is 15.9 Å². The predicted molar refractivity (Wildman–Crippen MR) is 124 cm³/mol. The monoisotopic (exact) mass is 508 g/mol. The minimum Gasteiger partial charge on any atom is -0.467 e. The van der Waals surface area contributed by atoms with Gasteiger partial charge in [-0.1, -0.05) is 22.0 Å². The zero-order valence-electron chi connectivity index (χ0n) is 17.6. The van der Waals surface area contributed by atoms with Gasteiger partial charge in [0.1, 0.15) is 17.6 Å². The van der Waals surface area contributed by atoms with E-state index in [-0.39, 0.29) is 12.0 Å². The fourth-order valence-electron chi connectivity index (χ4n) is 4.38. The molecule has 168 valence electrons. The molecule has 0 saturated heterocycles. The standard InChI is InChI=1S/C25H21BrN2O5/c26-18-7-1-6-17(13-18)25(30)33-15-22(29)28-24(21-10-4-12-32-21)20-9-2-5-16(23(20)27-28)14-19-8-3-11-31-19/h1,3-4,6-8,10-14,20,24H,2,5,9,15H2. The van der Waals surface area contributed by atoms with Gasteiger partial charge in [-0.25, -0.2) is 9.80 Å². The van der Waals surface area contributed by atoms with Crippen molar-refractivity contribution >= 4 is 39.6 Å². The summed E-state index contributed by atoms with van der Waals surface area (Å²) >= 11 is 3.33. The zero-order chi connectivity index (χ0) is 22.8. The minimum atomic E-state index is -0.568. The number of hydrogen-bond donors (Lipinski definition) is 0. The zero-order valence-corrected chi connectivity index (χ0v) is 19.2. The third-order valence-electron chi connectivity index (χ3n) is 5.84. The van der Waals surface area contributed by atoms with Gasteiger partial charge in [0.05, 0.1) is 23.8 Å². The number of carbonyl (C=O) groups is 2. The Labute approximate surface area is 198 Å². The van der Waals surface area contributed by atoms with Crippen molar-refractivity contribution in [1.82, 2.24) is 5.01 Å². The number of hydrazone groups is 1. The Bertz CT molecular complexity index is 1210. The van der Waals surface area contributed by atoms with Crippen LogP contribution in [-0.2, 0) is 9.53 Å². The van der Waals surface area contributed by atoms with Crippen molar-refractivity contribution in [2.24, 2.45) is 11.0 Å². The van der Waals surface area contributed by atoms with Crippen LogP contribution in [0.2, 0.25) is 0 Å². The molecular weight excluding hydrogens is 488 g/mol. The Balaban J connectivity index is 1.39. The highest BCUT2D eigenvalue weighted by Crippen LogP contribution is 2.44. The highest BCUT2D eigenvalue weighted by molar-refractivity contribution is 9.10. The number of nitrogens with zero attached hydrogens (tertiary/aromatic N) is 2. The number of carbonyl (C=O) groups excluding carboxylic acids is 2. The topological polar surface area (TPSA) is 85.3 Å². The molecule has 1 aromatic carbocycles. The lowest BCUT2D eigenvalue weighted by atomic mass is 9.79. The summed E-state index contributed by atoms with van der Waals surface area (Å²) in [6, 6.07) is 13.8. The molecule has 3 aromatic rings. The Morgan fingerprint density at radius 3 is 2.76 bits per heavy atom. The maximum absolute atomic E-state index is 13.2. The van der Waals surface area contributed by atoms with Crippen LogP contribution in [0, 0.1) is 5.92 Å². The third kappa shape index (κ3) is 4.43. The van der Waals surface area contributed by atoms with Crippen molar-refractivity contribution in [2.45, 2.75) is 25.3 Å². The van der Waals surface area contributed by atoms with Gasteiger partial charge < -0.3 is 13.6 Å². The van der Waals surface area contributed by atoms with Gasteiger partial charge in [0.15, 0.2) is 6.61 Å². The van der Waals surface area contributed by atoms with E-state index in [0.29, 0.717) is 11.3 Å². The second kappa shape index (κ2) is 9.23. The molecule has 2 aromatic heterocycles. The van der Waals surface area contributed by atoms with Gasteiger partial charge in [-0.3, -0.25) is 4.79 Å². The van der Waals surface area contributed by atoms with E-state index >= 15 is 0 Å². The fraction of sp³-hybridized carbons (Fsp3) is 0.240. The summed E-state index contributed by atoms with van der Waals surface area (Å²) in [6.45, 7) is -0.413. The van der Waals surface area contributed by atoms with E-state index < -0.39 is 18.5 Å². The molecule has 1 amide bonds. The van der Waals surface area contributed by atoms with Crippen LogP contribution < -0.4 is 0 Å². The van der Waals surface area contributed by atoms with E-state index in [2.05, 4.69) is 15.9 Å². The first-order chi connectivity index (χ1) is 16.1. The van der Waals surface area contributed by atoms with Gasteiger partial charge in [0.25, 0.3) is 5.91 Å². The van der Waals surface area contributed by atoms with Crippen LogP contribution in [0.3, 0.4) is 0 Å². The van der Waals surface area contributed by atoms with Crippen molar-refractivity contribution in [2.75, 3.05) is 6.61 Å². The summed E-state index contributed by atoms with van der Waals surface area (Å²) in [4.78, 5) is 25.6. The van der Waals surface area contributed by atoms with Crippen LogP contribution in [0.15, 0.2) is 85.0 Å². The van der Waals surface area contributed by atoms with Crippen molar-refractivity contribution in [3.8, 4) is 0 Å². The molecule has 2 aliphatic rings. The first-order valence-electron chi connectivity index (χ1n) is 10.7. The lowest BCUT2D eigenvalue weighted by Crippen LogP contribution is -2.34. The highest BCUT2D eigenvalue weighted by atomic mass is 79.9. The van der Waals surface area contributed by atoms with Crippen LogP contribution in [-0.4, -0.2) is 29.2 Å². The third-order valence-corrected chi connectivity index (χ3v) is 6.33. The van der Waals surface area contributed by atoms with Gasteiger partial charge in [-0.2, -0.15) is 5.10 Å². The Morgan fingerprint density at radius 1 is 1.15 bits per heavy atom. The molecule has 3 heterocycles. The smallest absolute Gasteiger partial charge is 0.338 e. The van der Waals surface area contributed by atoms with E-state index in [9.17, 15) is 9.59 Å². The molecule has 0 radical (unpaired) electrons. The number of amides is 1. The van der Waals surface area contributed by atoms with Gasteiger partial charge in [-0.15, -0.1) is 0 Å². The van der Waals surface area contributed by atoms with Crippen molar-refractivity contribution in [3.05, 3.63) is 88.2 Å². The minimum absolute atomic E-state index is 0.00385. The van der Waals surface area contributed by atoms with E-state index in [1.165, 1.54) is 5.01 Å². The second-order valence-corrected chi connectivity index (χ2v) is 8.87. The van der Waals surface area contributed by atoms with Gasteiger partial charge in [0.2, 0.25) is 0 Å². The Morgan fingerprint density at radius 2 is 2.00 bits per heavy atom. The molecular formula is C25H21BrN2O5. The van der Waals surface area contributed by atoms with Gasteiger partial charge >= 0.3 is 5.97 Å². The maximum atomic E-state index is 13.2. The lowest BCUT2D eigenvalue weighted by molar-refractivity contribution is -0.137. The van der Waals surface area contributed by atoms with E-state index in [1.54, 1.807) is 36.8 Å². The normalized spacial score (nSPS) is 21.1. The molecule has 8 heteroatoms. The average Bonchev–Trinajstić information content (AvgIpc) is 3.58. The van der Waals surface area contributed by atoms with Crippen molar-refractivity contribution in [1.29, 1.82) is 0 Å². The lowest BCUT2D eigenvalue weighted by Gasteiger charge is -2.27. The maximum Gasteiger partial charge on any atom is 0.338 e. The molecule has 2 atom stereocenters. The number of esters is 1. The van der Waals surface area contributed by atoms with Crippen LogP contribution in [0.1, 0.15) is 47.2 Å². The first kappa shape index (κ1) is 21.5. The summed E-state index contributed by atoms with van der Waals surface area (Å²) in [5.41, 5.74) is 2.26. The number of rotatable bonds is 5. The summed E-state index contributed by atoms with van der Waals surface area (Å²) in [6.07, 6.45) is 7.89. The van der Waals surface area contributed by atoms with Crippen molar-refractivity contribution in [3.63, 3.8) is 0 Å². The molecule has 1 aliphatic carbocycles. The van der Waals surface area contributed by atoms with E-state index in [1.807, 2.05) is 30.3 Å². The Kier molecular flexibility index (Phi) is 6.00. The average molecular weight is 509 g/mol. The molecule has 0 spiro atoms. The van der Waals surface area contributed by atoms with Crippen LogP contribution in [0.4, 0.5) is 0 Å². The summed E-state index contributed by atoms with van der Waals surface area (Å²) in [7, 11) is 0.